The SMILES string of the molecule is CC(=O)c1c(C)nc2sc(C(=O)c3c([O-])on[n+]3C)c(N)c2c1-c1ccco1. The zero-order chi connectivity index (χ0) is 20.2. The summed E-state index contributed by atoms with van der Waals surface area (Å²) in [6.07, 6.45) is 1.48. The highest BCUT2D eigenvalue weighted by Crippen LogP contribution is 2.43. The van der Waals surface area contributed by atoms with Crippen molar-refractivity contribution in [2.75, 3.05) is 5.73 Å². The van der Waals surface area contributed by atoms with Crippen molar-refractivity contribution in [1.29, 1.82) is 0 Å². The first kappa shape index (κ1) is 17.9. The van der Waals surface area contributed by atoms with Crippen LogP contribution < -0.4 is 15.5 Å². The highest BCUT2D eigenvalue weighted by Gasteiger charge is 2.31. The first-order valence-corrected chi connectivity index (χ1v) is 8.98. The molecule has 0 saturated carbocycles. The van der Waals surface area contributed by atoms with Crippen LogP contribution in [0.25, 0.3) is 21.5 Å². The van der Waals surface area contributed by atoms with Gasteiger partial charge in [-0.15, -0.1) is 11.3 Å². The summed E-state index contributed by atoms with van der Waals surface area (Å²) < 4.78 is 11.1. The third kappa shape index (κ3) is 2.49. The molecule has 0 aliphatic carbocycles. The lowest BCUT2D eigenvalue weighted by Crippen LogP contribution is -2.37. The molecule has 0 amide bonds. The Labute approximate surface area is 162 Å². The molecule has 28 heavy (non-hydrogen) atoms. The van der Waals surface area contributed by atoms with Crippen molar-refractivity contribution < 1.29 is 28.3 Å². The van der Waals surface area contributed by atoms with Crippen LogP contribution in [0, 0.1) is 6.92 Å². The Kier molecular flexibility index (Phi) is 4.00. The molecule has 0 aliphatic rings. The summed E-state index contributed by atoms with van der Waals surface area (Å²) in [6.45, 7) is 3.13. The van der Waals surface area contributed by atoms with Crippen molar-refractivity contribution in [2.45, 2.75) is 13.8 Å². The van der Waals surface area contributed by atoms with Gasteiger partial charge in [-0.25, -0.2) is 4.98 Å². The number of fused-ring (bicyclic) bond motifs is 1. The Morgan fingerprint density at radius 1 is 1.36 bits per heavy atom. The number of anilines is 1. The summed E-state index contributed by atoms with van der Waals surface area (Å²) in [4.78, 5) is 30.3. The van der Waals surface area contributed by atoms with E-state index in [1.807, 2.05) is 0 Å². The van der Waals surface area contributed by atoms with Gasteiger partial charge in [0.25, 0.3) is 5.78 Å². The maximum atomic E-state index is 12.9. The summed E-state index contributed by atoms with van der Waals surface area (Å²) in [5.41, 5.74) is 7.51. The Bertz CT molecular complexity index is 1230. The number of hydrogen-bond acceptors (Lipinski definition) is 9. The van der Waals surface area contributed by atoms with E-state index in [9.17, 15) is 14.7 Å². The van der Waals surface area contributed by atoms with Gasteiger partial charge in [0.2, 0.25) is 0 Å². The number of carbonyl (C=O) groups is 2. The number of thiophene rings is 1. The summed E-state index contributed by atoms with van der Waals surface area (Å²) in [5.74, 6) is -1.25. The second kappa shape index (κ2) is 6.27. The van der Waals surface area contributed by atoms with E-state index in [4.69, 9.17) is 10.2 Å². The van der Waals surface area contributed by atoms with Crippen LogP contribution >= 0.6 is 11.3 Å². The van der Waals surface area contributed by atoms with Crippen LogP contribution in [0.15, 0.2) is 27.3 Å². The van der Waals surface area contributed by atoms with Crippen LogP contribution in [-0.4, -0.2) is 21.8 Å². The first-order valence-electron chi connectivity index (χ1n) is 8.16. The fourth-order valence-electron chi connectivity index (χ4n) is 3.19. The molecule has 4 aromatic rings. The van der Waals surface area contributed by atoms with Gasteiger partial charge in [0.1, 0.15) is 15.5 Å². The Hall–Kier alpha value is -3.53. The van der Waals surface area contributed by atoms with Crippen molar-refractivity contribution in [3.8, 4) is 17.3 Å². The van der Waals surface area contributed by atoms with Gasteiger partial charge < -0.3 is 19.8 Å². The Morgan fingerprint density at radius 2 is 2.11 bits per heavy atom. The van der Waals surface area contributed by atoms with Crippen molar-refractivity contribution >= 4 is 38.8 Å². The molecular weight excluding hydrogens is 384 g/mol. The highest BCUT2D eigenvalue weighted by molar-refractivity contribution is 7.21. The second-order valence-corrected chi connectivity index (χ2v) is 7.17. The zero-order valence-corrected chi connectivity index (χ0v) is 15.9. The second-order valence-electron chi connectivity index (χ2n) is 6.17. The molecule has 0 spiro atoms. The third-order valence-corrected chi connectivity index (χ3v) is 5.46. The summed E-state index contributed by atoms with van der Waals surface area (Å²) in [6, 6.07) is 3.39. The number of pyridine rings is 1. The predicted octanol–water partition coefficient (Wildman–Crippen LogP) is 1.77. The largest absolute Gasteiger partial charge is 0.539 e. The average molecular weight is 398 g/mol. The Morgan fingerprint density at radius 3 is 2.68 bits per heavy atom. The van der Waals surface area contributed by atoms with Crippen molar-refractivity contribution in [3.05, 3.63) is 40.2 Å². The molecule has 0 fully saturated rings. The lowest BCUT2D eigenvalue weighted by atomic mass is 9.97. The van der Waals surface area contributed by atoms with Gasteiger partial charge in [-0.05, 0) is 26.0 Å². The molecule has 0 bridgehead atoms. The first-order chi connectivity index (χ1) is 13.3. The number of hydrogen-bond donors (Lipinski definition) is 1. The maximum absolute atomic E-state index is 12.9. The lowest BCUT2D eigenvalue weighted by Gasteiger charge is -2.10. The van der Waals surface area contributed by atoms with Crippen LogP contribution in [0.2, 0.25) is 0 Å². The number of rotatable bonds is 4. The topological polar surface area (TPSA) is 139 Å². The number of nitrogen functional groups attached to an aromatic ring is 1. The van der Waals surface area contributed by atoms with E-state index >= 15 is 0 Å². The van der Waals surface area contributed by atoms with Gasteiger partial charge in [0.05, 0.1) is 28.5 Å². The standard InChI is InChI=1S/C18H14N4O5S/c1-7-10(8(2)23)11(9-5-4-6-26-9)12-13(19)16(28-17(12)20-7)15(24)14-18(25)27-21-22(14)3/h4-6H,1-3H3,(H2-,19,21,24,25). The molecule has 4 rings (SSSR count). The van der Waals surface area contributed by atoms with Crippen molar-refractivity contribution in [1.82, 2.24) is 10.3 Å². The van der Waals surface area contributed by atoms with Crippen LogP contribution in [-0.2, 0) is 7.05 Å². The number of furan rings is 1. The molecule has 142 valence electrons. The number of aryl methyl sites for hydroxylation is 2. The molecule has 0 unspecified atom stereocenters. The van der Waals surface area contributed by atoms with E-state index in [-0.39, 0.29) is 22.0 Å². The van der Waals surface area contributed by atoms with E-state index < -0.39 is 11.7 Å². The summed E-state index contributed by atoms with van der Waals surface area (Å²) in [7, 11) is 1.42. The molecule has 0 aromatic carbocycles. The number of nitrogens with zero attached hydrogens (tertiary/aromatic N) is 3. The fraction of sp³-hybridized carbons (Fsp3) is 0.167. The van der Waals surface area contributed by atoms with Gasteiger partial charge >= 0.3 is 5.69 Å². The molecule has 0 atom stereocenters. The molecule has 0 aliphatic heterocycles. The van der Waals surface area contributed by atoms with Gasteiger partial charge in [-0.2, -0.15) is 0 Å². The van der Waals surface area contributed by atoms with E-state index in [0.29, 0.717) is 32.8 Å². The van der Waals surface area contributed by atoms with Gasteiger partial charge in [0.15, 0.2) is 18.8 Å². The number of ketones is 2. The van der Waals surface area contributed by atoms with Crippen LogP contribution in [0.5, 0.6) is 5.95 Å². The van der Waals surface area contributed by atoms with Crippen molar-refractivity contribution in [3.63, 3.8) is 0 Å². The van der Waals surface area contributed by atoms with Crippen LogP contribution in [0.4, 0.5) is 5.69 Å². The van der Waals surface area contributed by atoms with Gasteiger partial charge in [0, 0.05) is 10.9 Å². The summed E-state index contributed by atoms with van der Waals surface area (Å²) in [5, 5.41) is 15.7. The maximum Gasteiger partial charge on any atom is 0.305 e. The predicted molar refractivity (Wildman–Crippen MR) is 97.0 cm³/mol. The van der Waals surface area contributed by atoms with Crippen molar-refractivity contribution in [2.24, 2.45) is 7.05 Å². The molecular formula is C18H14N4O5S. The van der Waals surface area contributed by atoms with E-state index in [1.165, 1.54) is 20.2 Å². The minimum absolute atomic E-state index is 0.117. The fourth-order valence-corrected chi connectivity index (χ4v) is 4.29. The zero-order valence-electron chi connectivity index (χ0n) is 15.1. The molecule has 4 heterocycles. The average Bonchev–Trinajstić information content (AvgIpc) is 3.34. The van der Waals surface area contributed by atoms with Gasteiger partial charge in [-0.1, -0.05) is 4.68 Å². The van der Waals surface area contributed by atoms with E-state index in [0.717, 1.165) is 16.0 Å². The smallest absolute Gasteiger partial charge is 0.305 e. The van der Waals surface area contributed by atoms with Gasteiger partial charge in [-0.3, -0.25) is 9.59 Å². The monoisotopic (exact) mass is 398 g/mol. The molecule has 0 saturated heterocycles. The minimum atomic E-state index is -0.857. The quantitative estimate of drug-likeness (QED) is 0.405. The number of carbonyl (C=O) groups excluding carboxylic acids is 2. The summed E-state index contributed by atoms with van der Waals surface area (Å²) >= 11 is 1.03. The van der Waals surface area contributed by atoms with E-state index in [1.54, 1.807) is 19.1 Å². The molecule has 4 aromatic heterocycles. The molecule has 10 heteroatoms. The lowest BCUT2D eigenvalue weighted by molar-refractivity contribution is -0.741. The normalized spacial score (nSPS) is 11.2. The molecule has 9 nitrogen and oxygen atoms in total. The molecule has 2 N–H and O–H groups in total. The Balaban J connectivity index is 2.06. The number of nitrogens with two attached hydrogens (primary N) is 1. The third-order valence-electron chi connectivity index (χ3n) is 4.36. The number of Topliss-reactive ketones (excluding diaryl/α,β-unsaturated/α-hetero) is 1. The number of aromatic nitrogens is 3. The molecule has 0 radical (unpaired) electrons. The van der Waals surface area contributed by atoms with E-state index in [2.05, 4.69) is 14.8 Å². The van der Waals surface area contributed by atoms with Crippen LogP contribution in [0.3, 0.4) is 0 Å². The highest BCUT2D eigenvalue weighted by atomic mass is 32.1. The minimum Gasteiger partial charge on any atom is -0.539 e. The van der Waals surface area contributed by atoms with Crippen LogP contribution in [0.1, 0.15) is 38.3 Å².